The highest BCUT2D eigenvalue weighted by molar-refractivity contribution is 5.68. The highest BCUT2D eigenvalue weighted by Crippen LogP contribution is 2.22. The van der Waals surface area contributed by atoms with Crippen molar-refractivity contribution in [2.75, 3.05) is 49.1 Å². The summed E-state index contributed by atoms with van der Waals surface area (Å²) in [6, 6.07) is 0. The highest BCUT2D eigenvalue weighted by atomic mass is 19.1. The van der Waals surface area contributed by atoms with E-state index in [2.05, 4.69) is 15.1 Å². The minimum absolute atomic E-state index is 0.241. The number of nitrogens with zero attached hydrogens (tertiary/aromatic N) is 6. The van der Waals surface area contributed by atoms with Crippen molar-refractivity contribution >= 4 is 23.5 Å². The number of ether oxygens (including phenoxy) is 1. The van der Waals surface area contributed by atoms with Gasteiger partial charge in [-0.25, -0.2) is 9.18 Å². The Kier molecular flexibility index (Phi) is 6.00. The lowest BCUT2D eigenvalue weighted by molar-refractivity contribution is 0.0240. The average Bonchev–Trinajstić information content (AvgIpc) is 3.17. The quantitative estimate of drug-likeness (QED) is 0.765. The second-order valence-electron chi connectivity index (χ2n) is 9.40. The summed E-state index contributed by atoms with van der Waals surface area (Å²) in [6.07, 6.45) is 0.645. The minimum Gasteiger partial charge on any atom is -0.444 e. The van der Waals surface area contributed by atoms with Crippen molar-refractivity contribution in [2.24, 2.45) is 0 Å². The summed E-state index contributed by atoms with van der Waals surface area (Å²) in [7, 11) is 0. The summed E-state index contributed by atoms with van der Waals surface area (Å²) in [5.74, 6) is 0.730. The second-order valence-corrected chi connectivity index (χ2v) is 9.40. The predicted octanol–water partition coefficient (Wildman–Crippen LogP) is 1.98. The van der Waals surface area contributed by atoms with Gasteiger partial charge < -0.3 is 24.4 Å². The molecule has 0 aromatic carbocycles. The van der Waals surface area contributed by atoms with Gasteiger partial charge in [0.05, 0.1) is 6.54 Å². The lowest BCUT2D eigenvalue weighted by Gasteiger charge is -2.36. The van der Waals surface area contributed by atoms with Gasteiger partial charge in [0.25, 0.3) is 5.56 Å². The Labute approximate surface area is 186 Å². The van der Waals surface area contributed by atoms with Crippen LogP contribution in [0, 0.1) is 0 Å². The number of aromatic amines is 1. The number of H-pyrrole nitrogens is 1. The van der Waals surface area contributed by atoms with Gasteiger partial charge in [-0.3, -0.25) is 4.79 Å². The van der Waals surface area contributed by atoms with Gasteiger partial charge in [0.15, 0.2) is 0 Å². The number of alkyl halides is 1. The van der Waals surface area contributed by atoms with Gasteiger partial charge in [-0.15, -0.1) is 5.10 Å². The van der Waals surface area contributed by atoms with Crippen LogP contribution in [-0.2, 0) is 11.2 Å². The number of aromatic nitrogens is 4. The number of fused-ring (bicyclic) bond motifs is 1. The molecule has 2 aliphatic rings. The van der Waals surface area contributed by atoms with Gasteiger partial charge in [-0.05, 0) is 40.0 Å². The summed E-state index contributed by atoms with van der Waals surface area (Å²) in [4.78, 5) is 38.9. The first kappa shape index (κ1) is 22.3. The van der Waals surface area contributed by atoms with E-state index in [9.17, 15) is 14.0 Å². The van der Waals surface area contributed by atoms with Gasteiger partial charge in [-0.2, -0.15) is 9.50 Å². The summed E-state index contributed by atoms with van der Waals surface area (Å²) < 4.78 is 20.6. The van der Waals surface area contributed by atoms with E-state index in [1.54, 1.807) is 9.80 Å². The maximum Gasteiger partial charge on any atom is 0.410 e. The van der Waals surface area contributed by atoms with E-state index in [4.69, 9.17) is 4.74 Å². The number of hydrogen-bond acceptors (Lipinski definition) is 7. The van der Waals surface area contributed by atoms with Crippen molar-refractivity contribution in [3.05, 3.63) is 16.0 Å². The van der Waals surface area contributed by atoms with Crippen molar-refractivity contribution in [1.29, 1.82) is 0 Å². The molecule has 1 N–H and O–H groups in total. The fraction of sp³-hybridized carbons (Fsp3) is 0.714. The third-order valence-corrected chi connectivity index (χ3v) is 5.79. The molecule has 1 atom stereocenters. The minimum atomic E-state index is -0.908. The Morgan fingerprint density at radius 2 is 1.91 bits per heavy atom. The third kappa shape index (κ3) is 4.51. The molecule has 1 amide bonds. The molecular weight excluding hydrogens is 417 g/mol. The Morgan fingerprint density at radius 1 is 1.19 bits per heavy atom. The fourth-order valence-electron chi connectivity index (χ4n) is 4.21. The largest absolute Gasteiger partial charge is 0.444 e. The molecule has 10 nitrogen and oxygen atoms in total. The van der Waals surface area contributed by atoms with Crippen molar-refractivity contribution in [2.45, 2.75) is 58.7 Å². The molecule has 4 heterocycles. The average molecular weight is 450 g/mol. The smallest absolute Gasteiger partial charge is 0.410 e. The monoisotopic (exact) mass is 449 g/mol. The van der Waals surface area contributed by atoms with Crippen LogP contribution in [0.3, 0.4) is 0 Å². The van der Waals surface area contributed by atoms with E-state index in [-0.39, 0.29) is 18.2 Å². The molecule has 0 saturated carbocycles. The Hall–Kier alpha value is -2.85. The van der Waals surface area contributed by atoms with Crippen LogP contribution in [0.4, 0.5) is 20.8 Å². The second kappa shape index (κ2) is 8.59. The molecule has 11 heteroatoms. The highest BCUT2D eigenvalue weighted by Gasteiger charge is 2.29. The zero-order valence-electron chi connectivity index (χ0n) is 19.2. The van der Waals surface area contributed by atoms with Crippen LogP contribution >= 0.6 is 0 Å². The number of carbonyl (C=O) groups is 1. The molecule has 2 aromatic heterocycles. The number of piperazine rings is 1. The number of amides is 1. The Bertz CT molecular complexity index is 1040. The van der Waals surface area contributed by atoms with Crippen molar-refractivity contribution in [3.63, 3.8) is 0 Å². The number of rotatable bonds is 3. The van der Waals surface area contributed by atoms with Crippen LogP contribution < -0.4 is 15.4 Å². The SMILES string of the molecule is CCc1[nH]c2nc(N3CCCC(F)C3)nn2c(=O)c1N1CCN(C(=O)OC(C)(C)C)CC1. The van der Waals surface area contributed by atoms with Gasteiger partial charge in [0, 0.05) is 38.4 Å². The first-order valence-electron chi connectivity index (χ1n) is 11.3. The van der Waals surface area contributed by atoms with E-state index in [0.29, 0.717) is 63.0 Å². The van der Waals surface area contributed by atoms with Crippen LogP contribution in [-0.4, -0.2) is 81.6 Å². The Balaban J connectivity index is 1.57. The third-order valence-electron chi connectivity index (χ3n) is 5.79. The number of nitrogens with one attached hydrogen (secondary N) is 1. The molecular formula is C21H32FN7O3. The first-order valence-corrected chi connectivity index (χ1v) is 11.3. The van der Waals surface area contributed by atoms with E-state index >= 15 is 0 Å². The standard InChI is InChI=1S/C21H32FN7O3/c1-5-15-16(26-9-11-27(12-10-26)20(31)32-21(2,3)4)17(30)29-18(23-15)24-19(25-29)28-8-6-7-14(22)13-28/h14H,5-13H2,1-4H3,(H,23,24,25). The molecule has 2 aromatic rings. The summed E-state index contributed by atoms with van der Waals surface area (Å²) >= 11 is 0. The topological polar surface area (TPSA) is 99.1 Å². The van der Waals surface area contributed by atoms with Crippen LogP contribution in [0.2, 0.25) is 0 Å². The van der Waals surface area contributed by atoms with Crippen molar-refractivity contribution in [1.82, 2.24) is 24.5 Å². The van der Waals surface area contributed by atoms with E-state index in [0.717, 1.165) is 12.1 Å². The molecule has 0 bridgehead atoms. The molecule has 176 valence electrons. The molecule has 2 fully saturated rings. The molecule has 1 unspecified atom stereocenters. The Morgan fingerprint density at radius 3 is 2.53 bits per heavy atom. The molecule has 32 heavy (non-hydrogen) atoms. The molecule has 4 rings (SSSR count). The summed E-state index contributed by atoms with van der Waals surface area (Å²) in [6.45, 7) is 10.4. The first-order chi connectivity index (χ1) is 15.2. The van der Waals surface area contributed by atoms with E-state index < -0.39 is 11.8 Å². The van der Waals surface area contributed by atoms with Crippen molar-refractivity contribution < 1.29 is 13.9 Å². The van der Waals surface area contributed by atoms with E-state index in [1.165, 1.54) is 4.52 Å². The maximum absolute atomic E-state index is 13.8. The normalized spacial score (nSPS) is 20.2. The lowest BCUT2D eigenvalue weighted by atomic mass is 10.1. The molecule has 2 saturated heterocycles. The van der Waals surface area contributed by atoms with Gasteiger partial charge in [0.2, 0.25) is 11.7 Å². The number of anilines is 2. The van der Waals surface area contributed by atoms with E-state index in [1.807, 2.05) is 32.6 Å². The van der Waals surface area contributed by atoms with Crippen LogP contribution in [0.15, 0.2) is 4.79 Å². The fourth-order valence-corrected chi connectivity index (χ4v) is 4.21. The number of hydrogen-bond donors (Lipinski definition) is 1. The van der Waals surface area contributed by atoms with Gasteiger partial charge in [0.1, 0.15) is 17.5 Å². The summed E-state index contributed by atoms with van der Waals surface area (Å²) in [5.41, 5.74) is 0.512. The molecule has 2 aliphatic heterocycles. The predicted molar refractivity (Wildman–Crippen MR) is 119 cm³/mol. The molecule has 0 spiro atoms. The summed E-state index contributed by atoms with van der Waals surface area (Å²) in [5, 5.41) is 4.39. The van der Waals surface area contributed by atoms with Crippen molar-refractivity contribution in [3.8, 4) is 0 Å². The van der Waals surface area contributed by atoms with Gasteiger partial charge in [-0.1, -0.05) is 6.92 Å². The molecule has 0 radical (unpaired) electrons. The number of carbonyl (C=O) groups excluding carboxylic acids is 1. The zero-order valence-corrected chi connectivity index (χ0v) is 19.2. The van der Waals surface area contributed by atoms with Crippen LogP contribution in [0.25, 0.3) is 5.78 Å². The number of aryl methyl sites for hydroxylation is 1. The molecule has 0 aliphatic carbocycles. The number of piperidine rings is 1. The van der Waals surface area contributed by atoms with Crippen LogP contribution in [0.5, 0.6) is 0 Å². The zero-order chi connectivity index (χ0) is 23.0. The number of halogens is 1. The van der Waals surface area contributed by atoms with Gasteiger partial charge >= 0.3 is 6.09 Å². The van der Waals surface area contributed by atoms with Crippen LogP contribution in [0.1, 0.15) is 46.2 Å². The maximum atomic E-state index is 13.8. The lowest BCUT2D eigenvalue weighted by Crippen LogP contribution is -2.51.